The molecule has 0 atom stereocenters. The summed E-state index contributed by atoms with van der Waals surface area (Å²) in [5, 5.41) is 7.49. The number of hydrogen-bond donors (Lipinski definition) is 3. The number of carbonyl (C=O) groups is 3. The van der Waals surface area contributed by atoms with E-state index in [1.165, 1.54) is 30.9 Å². The van der Waals surface area contributed by atoms with Crippen LogP contribution >= 0.6 is 0 Å². The van der Waals surface area contributed by atoms with Gasteiger partial charge < -0.3 is 20.5 Å². The number of nitrogens with one attached hydrogen (secondary N) is 3. The molecule has 1 heterocycles. The van der Waals surface area contributed by atoms with Gasteiger partial charge in [-0.3, -0.25) is 19.2 Å². The molecule has 0 saturated carbocycles. The Bertz CT molecular complexity index is 890. The number of nitrogens with zero attached hydrogens (tertiary/aromatic N) is 1. The lowest BCUT2D eigenvalue weighted by atomic mass is 10.1. The van der Waals surface area contributed by atoms with Gasteiger partial charge in [0, 0.05) is 33.3 Å². The average Bonchev–Trinajstić information content (AvgIpc) is 2.69. The quantitative estimate of drug-likeness (QED) is 0.643. The van der Waals surface area contributed by atoms with Gasteiger partial charge >= 0.3 is 0 Å². The second-order valence-electron chi connectivity index (χ2n) is 5.82. The number of carbonyl (C=O) groups excluding carboxylic acids is 3. The Kier molecular flexibility index (Phi) is 6.87. The molecule has 2 rings (SSSR count). The van der Waals surface area contributed by atoms with Crippen molar-refractivity contribution in [2.24, 2.45) is 0 Å². The normalized spacial score (nSPS) is 10.1. The molecule has 8 nitrogen and oxygen atoms in total. The molecule has 1 aromatic carbocycles. The van der Waals surface area contributed by atoms with E-state index < -0.39 is 17.4 Å². The highest BCUT2D eigenvalue weighted by atomic mass is 16.2. The highest BCUT2D eigenvalue weighted by Crippen LogP contribution is 2.06. The van der Waals surface area contributed by atoms with Crippen molar-refractivity contribution in [2.75, 3.05) is 20.6 Å². The van der Waals surface area contributed by atoms with Crippen molar-refractivity contribution in [3.63, 3.8) is 0 Å². The molecule has 0 saturated heterocycles. The van der Waals surface area contributed by atoms with E-state index in [1.54, 1.807) is 0 Å². The molecular weight excluding hydrogens is 348 g/mol. The van der Waals surface area contributed by atoms with Crippen LogP contribution in [0.25, 0.3) is 0 Å². The molecule has 0 aliphatic heterocycles. The number of rotatable bonds is 7. The van der Waals surface area contributed by atoms with Crippen LogP contribution in [0.4, 0.5) is 0 Å². The number of amides is 3. The van der Waals surface area contributed by atoms with Crippen LogP contribution in [-0.4, -0.2) is 42.9 Å². The summed E-state index contributed by atoms with van der Waals surface area (Å²) < 4.78 is 1.33. The molecule has 3 N–H and O–H groups in total. The molecular formula is C19H22N4O4. The zero-order valence-corrected chi connectivity index (χ0v) is 15.2. The molecule has 0 radical (unpaired) electrons. The predicted octanol–water partition coefficient (Wildman–Crippen LogP) is 0.122. The number of pyridine rings is 1. The van der Waals surface area contributed by atoms with Gasteiger partial charge in [0.05, 0.1) is 12.1 Å². The van der Waals surface area contributed by atoms with Crippen molar-refractivity contribution < 1.29 is 14.4 Å². The molecule has 27 heavy (non-hydrogen) atoms. The van der Waals surface area contributed by atoms with Crippen molar-refractivity contribution in [1.29, 1.82) is 0 Å². The van der Waals surface area contributed by atoms with Crippen molar-refractivity contribution in [2.45, 2.75) is 13.0 Å². The Morgan fingerprint density at radius 1 is 1.00 bits per heavy atom. The van der Waals surface area contributed by atoms with Gasteiger partial charge in [-0.2, -0.15) is 0 Å². The fraction of sp³-hybridized carbons (Fsp3) is 0.263. The third kappa shape index (κ3) is 5.27. The van der Waals surface area contributed by atoms with Gasteiger partial charge in [-0.05, 0) is 11.6 Å². The van der Waals surface area contributed by atoms with E-state index in [2.05, 4.69) is 16.0 Å². The fourth-order valence-electron chi connectivity index (χ4n) is 2.47. The summed E-state index contributed by atoms with van der Waals surface area (Å²) in [5.74, 6) is -1.23. The molecule has 0 aliphatic rings. The van der Waals surface area contributed by atoms with E-state index in [4.69, 9.17) is 0 Å². The van der Waals surface area contributed by atoms with Crippen LogP contribution in [0.5, 0.6) is 0 Å². The summed E-state index contributed by atoms with van der Waals surface area (Å²) in [7, 11) is 2.93. The van der Waals surface area contributed by atoms with Gasteiger partial charge in [-0.15, -0.1) is 0 Å². The first-order chi connectivity index (χ1) is 13.0. The van der Waals surface area contributed by atoms with Gasteiger partial charge in [-0.1, -0.05) is 30.3 Å². The minimum atomic E-state index is -0.568. The lowest BCUT2D eigenvalue weighted by Gasteiger charge is -2.12. The molecule has 0 unspecified atom stereocenters. The van der Waals surface area contributed by atoms with E-state index in [0.29, 0.717) is 0 Å². The smallest absolute Gasteiger partial charge is 0.263 e. The van der Waals surface area contributed by atoms with Crippen molar-refractivity contribution in [3.05, 3.63) is 69.6 Å². The lowest BCUT2D eigenvalue weighted by molar-refractivity contribution is -0.120. The predicted molar refractivity (Wildman–Crippen MR) is 101 cm³/mol. The lowest BCUT2D eigenvalue weighted by Crippen LogP contribution is -2.34. The Hall–Kier alpha value is -3.42. The topological polar surface area (TPSA) is 109 Å². The summed E-state index contributed by atoms with van der Waals surface area (Å²) in [6.07, 6.45) is 1.55. The molecule has 0 fully saturated rings. The average molecular weight is 370 g/mol. The fourth-order valence-corrected chi connectivity index (χ4v) is 2.47. The number of aromatic nitrogens is 1. The van der Waals surface area contributed by atoms with Crippen LogP contribution in [0.1, 0.15) is 32.7 Å². The maximum Gasteiger partial charge on any atom is 0.263 e. The highest BCUT2D eigenvalue weighted by Gasteiger charge is 2.17. The SMILES string of the molecule is CNC(=O)CCNC(=O)c1cc(C(=O)NC)c(=O)n(Cc2ccccc2)c1. The first kappa shape index (κ1) is 19.9. The van der Waals surface area contributed by atoms with Gasteiger partial charge in [-0.25, -0.2) is 0 Å². The van der Waals surface area contributed by atoms with Gasteiger partial charge in [0.15, 0.2) is 0 Å². The molecule has 1 aromatic heterocycles. The first-order valence-electron chi connectivity index (χ1n) is 8.45. The molecule has 0 bridgehead atoms. The molecule has 0 aliphatic carbocycles. The van der Waals surface area contributed by atoms with E-state index in [1.807, 2.05) is 30.3 Å². The summed E-state index contributed by atoms with van der Waals surface area (Å²) >= 11 is 0. The standard InChI is InChI=1S/C19H22N4O4/c1-20-16(24)8-9-22-17(25)14-10-15(18(26)21-2)19(27)23(12-14)11-13-6-4-3-5-7-13/h3-7,10,12H,8-9,11H2,1-2H3,(H,20,24)(H,21,26)(H,22,25). The van der Waals surface area contributed by atoms with Crippen LogP contribution in [0.2, 0.25) is 0 Å². The van der Waals surface area contributed by atoms with Crippen LogP contribution in [0.3, 0.4) is 0 Å². The zero-order valence-electron chi connectivity index (χ0n) is 15.2. The Labute approximate surface area is 156 Å². The second-order valence-corrected chi connectivity index (χ2v) is 5.82. The zero-order chi connectivity index (χ0) is 19.8. The first-order valence-corrected chi connectivity index (χ1v) is 8.45. The third-order valence-corrected chi connectivity index (χ3v) is 3.93. The summed E-state index contributed by atoms with van der Waals surface area (Å²) in [6.45, 7) is 0.370. The van der Waals surface area contributed by atoms with Gasteiger partial charge in [0.1, 0.15) is 5.56 Å². The van der Waals surface area contributed by atoms with Crippen LogP contribution in [-0.2, 0) is 11.3 Å². The highest BCUT2D eigenvalue weighted by molar-refractivity contribution is 5.99. The van der Waals surface area contributed by atoms with Crippen molar-refractivity contribution >= 4 is 17.7 Å². The minimum absolute atomic E-state index is 0.118. The molecule has 2 aromatic rings. The van der Waals surface area contributed by atoms with Crippen LogP contribution in [0.15, 0.2) is 47.4 Å². The Morgan fingerprint density at radius 2 is 1.70 bits per heavy atom. The number of benzene rings is 1. The monoisotopic (exact) mass is 370 g/mol. The second kappa shape index (κ2) is 9.33. The molecule has 8 heteroatoms. The minimum Gasteiger partial charge on any atom is -0.359 e. The van der Waals surface area contributed by atoms with E-state index in [0.717, 1.165) is 5.56 Å². The van der Waals surface area contributed by atoms with Gasteiger partial charge in [0.2, 0.25) is 5.91 Å². The summed E-state index contributed by atoms with van der Waals surface area (Å²) in [5.41, 5.74) is 0.424. The van der Waals surface area contributed by atoms with E-state index in [-0.39, 0.29) is 36.5 Å². The van der Waals surface area contributed by atoms with Crippen molar-refractivity contribution in [3.8, 4) is 0 Å². The molecule has 3 amide bonds. The maximum absolute atomic E-state index is 12.6. The van der Waals surface area contributed by atoms with Crippen molar-refractivity contribution in [1.82, 2.24) is 20.5 Å². The van der Waals surface area contributed by atoms with Gasteiger partial charge in [0.25, 0.3) is 17.4 Å². The van der Waals surface area contributed by atoms with Crippen LogP contribution in [0, 0.1) is 0 Å². The number of hydrogen-bond acceptors (Lipinski definition) is 4. The maximum atomic E-state index is 12.6. The largest absolute Gasteiger partial charge is 0.359 e. The Morgan fingerprint density at radius 3 is 2.33 bits per heavy atom. The van der Waals surface area contributed by atoms with E-state index in [9.17, 15) is 19.2 Å². The molecule has 0 spiro atoms. The third-order valence-electron chi connectivity index (χ3n) is 3.93. The summed E-state index contributed by atoms with van der Waals surface area (Å²) in [4.78, 5) is 48.3. The Balaban J connectivity index is 2.32. The van der Waals surface area contributed by atoms with Crippen LogP contribution < -0.4 is 21.5 Å². The van der Waals surface area contributed by atoms with E-state index >= 15 is 0 Å². The summed E-state index contributed by atoms with van der Waals surface area (Å²) in [6, 6.07) is 10.5. The molecule has 142 valence electrons.